The van der Waals surface area contributed by atoms with Gasteiger partial charge in [-0.25, -0.2) is 4.39 Å². The number of hydrogen-bond donors (Lipinski definition) is 1. The lowest BCUT2D eigenvalue weighted by Crippen LogP contribution is -2.24. The highest BCUT2D eigenvalue weighted by Gasteiger charge is 2.07. The van der Waals surface area contributed by atoms with Crippen LogP contribution >= 0.6 is 11.3 Å². The van der Waals surface area contributed by atoms with E-state index in [2.05, 4.69) is 5.32 Å². The van der Waals surface area contributed by atoms with Crippen molar-refractivity contribution < 1.29 is 18.7 Å². The maximum atomic E-state index is 13.0. The van der Waals surface area contributed by atoms with Crippen molar-refractivity contribution in [1.82, 2.24) is 5.32 Å². The van der Waals surface area contributed by atoms with E-state index in [1.807, 2.05) is 11.4 Å². The first kappa shape index (κ1) is 16.2. The van der Waals surface area contributed by atoms with Gasteiger partial charge in [0.25, 0.3) is 5.91 Å². The highest BCUT2D eigenvalue weighted by molar-refractivity contribution is 7.12. The SMILES string of the molecule is O=C(CCCNC(=O)c1cccs1)OCc1cccc(F)c1. The molecule has 0 atom stereocenters. The molecular formula is C16H16FNO3S. The van der Waals surface area contributed by atoms with E-state index in [9.17, 15) is 14.0 Å². The minimum absolute atomic E-state index is 0.0537. The molecule has 1 amide bonds. The molecule has 0 unspecified atom stereocenters. The number of esters is 1. The molecule has 2 aromatic rings. The molecular weight excluding hydrogens is 305 g/mol. The molecule has 0 aliphatic rings. The number of benzene rings is 1. The maximum absolute atomic E-state index is 13.0. The molecule has 1 heterocycles. The summed E-state index contributed by atoms with van der Waals surface area (Å²) in [6.07, 6.45) is 0.707. The molecule has 0 fully saturated rings. The molecule has 0 spiro atoms. The molecule has 6 heteroatoms. The van der Waals surface area contributed by atoms with E-state index in [0.29, 0.717) is 23.4 Å². The fourth-order valence-corrected chi connectivity index (χ4v) is 2.43. The van der Waals surface area contributed by atoms with Crippen molar-refractivity contribution in [3.63, 3.8) is 0 Å². The Hall–Kier alpha value is -2.21. The molecule has 1 aromatic carbocycles. The first-order chi connectivity index (χ1) is 10.6. The lowest BCUT2D eigenvalue weighted by molar-refractivity contribution is -0.145. The van der Waals surface area contributed by atoms with Crippen LogP contribution in [0.4, 0.5) is 4.39 Å². The van der Waals surface area contributed by atoms with Gasteiger partial charge in [-0.3, -0.25) is 9.59 Å². The molecule has 0 radical (unpaired) electrons. The van der Waals surface area contributed by atoms with E-state index in [4.69, 9.17) is 4.74 Å². The van der Waals surface area contributed by atoms with Gasteiger partial charge in [-0.1, -0.05) is 18.2 Å². The zero-order chi connectivity index (χ0) is 15.8. The topological polar surface area (TPSA) is 55.4 Å². The predicted molar refractivity (Wildman–Crippen MR) is 82.1 cm³/mol. The molecule has 0 saturated heterocycles. The number of nitrogens with one attached hydrogen (secondary N) is 1. The van der Waals surface area contributed by atoms with Gasteiger partial charge in [0.1, 0.15) is 12.4 Å². The summed E-state index contributed by atoms with van der Waals surface area (Å²) in [5.41, 5.74) is 0.611. The summed E-state index contributed by atoms with van der Waals surface area (Å²) < 4.78 is 18.0. The number of rotatable bonds is 7. The van der Waals surface area contributed by atoms with Crippen LogP contribution < -0.4 is 5.32 Å². The van der Waals surface area contributed by atoms with Crippen molar-refractivity contribution in [1.29, 1.82) is 0 Å². The van der Waals surface area contributed by atoms with E-state index in [1.165, 1.54) is 23.5 Å². The van der Waals surface area contributed by atoms with Crippen LogP contribution in [0.1, 0.15) is 28.1 Å². The van der Waals surface area contributed by atoms with E-state index in [1.54, 1.807) is 18.2 Å². The Kier molecular flexibility index (Phi) is 6.09. The third kappa shape index (κ3) is 5.29. The summed E-state index contributed by atoms with van der Waals surface area (Å²) in [5.74, 6) is -0.859. The molecule has 0 aliphatic carbocycles. The molecule has 1 aromatic heterocycles. The minimum Gasteiger partial charge on any atom is -0.461 e. The summed E-state index contributed by atoms with van der Waals surface area (Å²) in [5, 5.41) is 4.57. The third-order valence-electron chi connectivity index (χ3n) is 2.88. The number of amides is 1. The standard InChI is InChI=1S/C16H16FNO3S/c17-13-5-1-4-12(10-13)11-21-15(19)7-2-8-18-16(20)14-6-3-9-22-14/h1,3-6,9-10H,2,7-8,11H2,(H,18,20). The maximum Gasteiger partial charge on any atom is 0.306 e. The van der Waals surface area contributed by atoms with Crippen molar-refractivity contribution in [2.45, 2.75) is 19.4 Å². The van der Waals surface area contributed by atoms with Crippen LogP contribution in [0.25, 0.3) is 0 Å². The summed E-state index contributed by atoms with van der Waals surface area (Å²) in [6.45, 7) is 0.462. The Balaban J connectivity index is 1.61. The van der Waals surface area contributed by atoms with Crippen LogP contribution in [0.2, 0.25) is 0 Å². The third-order valence-corrected chi connectivity index (χ3v) is 3.75. The van der Waals surface area contributed by atoms with Crippen LogP contribution in [0.5, 0.6) is 0 Å². The van der Waals surface area contributed by atoms with Crippen LogP contribution in [0.3, 0.4) is 0 Å². The van der Waals surface area contributed by atoms with E-state index < -0.39 is 0 Å². The molecule has 116 valence electrons. The quantitative estimate of drug-likeness (QED) is 0.629. The zero-order valence-corrected chi connectivity index (χ0v) is 12.7. The lowest BCUT2D eigenvalue weighted by atomic mass is 10.2. The fraction of sp³-hybridized carbons (Fsp3) is 0.250. The van der Waals surface area contributed by atoms with Crippen molar-refractivity contribution in [2.75, 3.05) is 6.54 Å². The van der Waals surface area contributed by atoms with Crippen molar-refractivity contribution in [3.8, 4) is 0 Å². The normalized spacial score (nSPS) is 10.2. The van der Waals surface area contributed by atoms with Gasteiger partial charge in [-0.2, -0.15) is 0 Å². The predicted octanol–water partition coefficient (Wildman–Crippen LogP) is 3.14. The molecule has 0 aliphatic heterocycles. The largest absolute Gasteiger partial charge is 0.461 e. The lowest BCUT2D eigenvalue weighted by Gasteiger charge is -2.06. The number of thiophene rings is 1. The van der Waals surface area contributed by atoms with Crippen LogP contribution in [0, 0.1) is 5.82 Å². The van der Waals surface area contributed by atoms with Gasteiger partial charge >= 0.3 is 5.97 Å². The molecule has 0 bridgehead atoms. The zero-order valence-electron chi connectivity index (χ0n) is 11.9. The number of hydrogen-bond acceptors (Lipinski definition) is 4. The van der Waals surface area contributed by atoms with Crippen molar-refractivity contribution in [2.24, 2.45) is 0 Å². The van der Waals surface area contributed by atoms with Gasteiger partial charge in [0.15, 0.2) is 0 Å². The van der Waals surface area contributed by atoms with Crippen molar-refractivity contribution >= 4 is 23.2 Å². The van der Waals surface area contributed by atoms with Crippen LogP contribution in [0.15, 0.2) is 41.8 Å². The summed E-state index contributed by atoms with van der Waals surface area (Å²) in [7, 11) is 0. The van der Waals surface area contributed by atoms with Gasteiger partial charge in [-0.15, -0.1) is 11.3 Å². The summed E-state index contributed by atoms with van der Waals surface area (Å²) >= 11 is 1.37. The van der Waals surface area contributed by atoms with Crippen LogP contribution in [-0.2, 0) is 16.1 Å². The second-order valence-corrected chi connectivity index (χ2v) is 5.58. The van der Waals surface area contributed by atoms with E-state index >= 15 is 0 Å². The molecule has 0 saturated carbocycles. The Morgan fingerprint density at radius 3 is 2.82 bits per heavy atom. The molecule has 4 nitrogen and oxygen atoms in total. The Labute approximate surface area is 131 Å². The van der Waals surface area contributed by atoms with Gasteiger partial charge < -0.3 is 10.1 Å². The number of carbonyl (C=O) groups excluding carboxylic acids is 2. The Bertz CT molecular complexity index is 628. The van der Waals surface area contributed by atoms with Gasteiger partial charge in [0.05, 0.1) is 4.88 Å². The molecule has 1 N–H and O–H groups in total. The first-order valence-corrected chi connectivity index (χ1v) is 7.75. The summed E-state index contributed by atoms with van der Waals surface area (Å²) in [6, 6.07) is 9.48. The average Bonchev–Trinajstić information content (AvgIpc) is 3.04. The second-order valence-electron chi connectivity index (χ2n) is 4.63. The highest BCUT2D eigenvalue weighted by Crippen LogP contribution is 2.08. The Morgan fingerprint density at radius 2 is 2.09 bits per heavy atom. The molecule has 22 heavy (non-hydrogen) atoms. The second kappa shape index (κ2) is 8.29. The first-order valence-electron chi connectivity index (χ1n) is 6.87. The number of ether oxygens (including phenoxy) is 1. The average molecular weight is 321 g/mol. The van der Waals surface area contributed by atoms with Gasteiger partial charge in [-0.05, 0) is 35.6 Å². The molecule has 2 rings (SSSR count). The number of halogens is 1. The highest BCUT2D eigenvalue weighted by atomic mass is 32.1. The fourth-order valence-electron chi connectivity index (χ4n) is 1.79. The monoisotopic (exact) mass is 321 g/mol. The van der Waals surface area contributed by atoms with E-state index in [0.717, 1.165) is 0 Å². The number of carbonyl (C=O) groups is 2. The minimum atomic E-state index is -0.366. The van der Waals surface area contributed by atoms with Gasteiger partial charge in [0, 0.05) is 13.0 Å². The smallest absolute Gasteiger partial charge is 0.306 e. The summed E-state index contributed by atoms with van der Waals surface area (Å²) in [4.78, 5) is 23.8. The van der Waals surface area contributed by atoms with Crippen LogP contribution in [-0.4, -0.2) is 18.4 Å². The van der Waals surface area contributed by atoms with Crippen molar-refractivity contribution in [3.05, 3.63) is 58.0 Å². The Morgan fingerprint density at radius 1 is 1.23 bits per heavy atom. The van der Waals surface area contributed by atoms with E-state index in [-0.39, 0.29) is 30.7 Å². The van der Waals surface area contributed by atoms with Gasteiger partial charge in [0.2, 0.25) is 0 Å².